The summed E-state index contributed by atoms with van der Waals surface area (Å²) < 4.78 is 18.3. The van der Waals surface area contributed by atoms with E-state index in [0.29, 0.717) is 30.2 Å². The van der Waals surface area contributed by atoms with Crippen LogP contribution in [0.5, 0.6) is 5.75 Å². The molecular formula is C11H13FN4O. The van der Waals surface area contributed by atoms with Crippen LogP contribution in [0.1, 0.15) is 5.82 Å². The highest BCUT2D eigenvalue weighted by atomic mass is 19.1. The molecule has 1 aromatic heterocycles. The number of methoxy groups -OCH3 is 1. The van der Waals surface area contributed by atoms with Gasteiger partial charge < -0.3 is 10.5 Å². The molecule has 0 spiro atoms. The molecule has 1 heterocycles. The molecule has 0 saturated carbocycles. The predicted molar refractivity (Wildman–Crippen MR) is 61.1 cm³/mol. The lowest BCUT2D eigenvalue weighted by Gasteiger charge is -2.02. The van der Waals surface area contributed by atoms with Crippen LogP contribution in [0.25, 0.3) is 11.4 Å². The fraction of sp³-hybridized carbons (Fsp3) is 0.273. The largest absolute Gasteiger partial charge is 0.494 e. The molecule has 1 aromatic carbocycles. The minimum atomic E-state index is -0.435. The van der Waals surface area contributed by atoms with Gasteiger partial charge in [-0.2, -0.15) is 5.10 Å². The molecule has 0 radical (unpaired) electrons. The summed E-state index contributed by atoms with van der Waals surface area (Å²) >= 11 is 0. The number of benzene rings is 1. The van der Waals surface area contributed by atoms with Crippen molar-refractivity contribution in [3.8, 4) is 17.1 Å². The number of nitrogens with one attached hydrogen (secondary N) is 1. The topological polar surface area (TPSA) is 76.8 Å². The van der Waals surface area contributed by atoms with E-state index in [2.05, 4.69) is 15.2 Å². The van der Waals surface area contributed by atoms with Gasteiger partial charge in [-0.05, 0) is 24.7 Å². The van der Waals surface area contributed by atoms with Crippen molar-refractivity contribution in [3.63, 3.8) is 0 Å². The van der Waals surface area contributed by atoms with E-state index in [9.17, 15) is 4.39 Å². The van der Waals surface area contributed by atoms with Crippen LogP contribution in [0.3, 0.4) is 0 Å². The maximum absolute atomic E-state index is 13.5. The highest BCUT2D eigenvalue weighted by molar-refractivity contribution is 5.56. The molecule has 0 aliphatic rings. The Morgan fingerprint density at radius 1 is 1.47 bits per heavy atom. The van der Waals surface area contributed by atoms with E-state index < -0.39 is 5.82 Å². The van der Waals surface area contributed by atoms with E-state index in [1.165, 1.54) is 13.2 Å². The molecule has 5 nitrogen and oxygen atoms in total. The second-order valence-corrected chi connectivity index (χ2v) is 3.49. The third-order valence-corrected chi connectivity index (χ3v) is 2.32. The number of hydrogen-bond donors (Lipinski definition) is 2. The fourth-order valence-corrected chi connectivity index (χ4v) is 1.48. The van der Waals surface area contributed by atoms with Crippen molar-refractivity contribution in [2.75, 3.05) is 13.7 Å². The zero-order valence-electron chi connectivity index (χ0n) is 9.40. The Bertz CT molecular complexity index is 512. The average molecular weight is 236 g/mol. The Hall–Kier alpha value is -1.95. The van der Waals surface area contributed by atoms with Crippen LogP contribution in [0.15, 0.2) is 18.2 Å². The number of ether oxygens (including phenoxy) is 1. The number of halogens is 1. The van der Waals surface area contributed by atoms with E-state index >= 15 is 0 Å². The monoisotopic (exact) mass is 236 g/mol. The summed E-state index contributed by atoms with van der Waals surface area (Å²) in [5.41, 5.74) is 6.01. The van der Waals surface area contributed by atoms with Crippen molar-refractivity contribution in [2.24, 2.45) is 5.73 Å². The molecule has 3 N–H and O–H groups in total. The lowest BCUT2D eigenvalue weighted by atomic mass is 10.2. The van der Waals surface area contributed by atoms with E-state index in [0.717, 1.165) is 0 Å². The molecule has 0 aliphatic heterocycles. The van der Waals surface area contributed by atoms with Crippen molar-refractivity contribution in [2.45, 2.75) is 6.42 Å². The first-order valence-corrected chi connectivity index (χ1v) is 5.20. The first kappa shape index (κ1) is 11.5. The Balaban J connectivity index is 2.29. The predicted octanol–water partition coefficient (Wildman–Crippen LogP) is 1.12. The molecule has 0 bridgehead atoms. The summed E-state index contributed by atoms with van der Waals surface area (Å²) in [7, 11) is 1.42. The number of nitrogens with zero attached hydrogens (tertiary/aromatic N) is 2. The SMILES string of the molecule is COc1ccc(-c2n[nH]c(CCN)n2)cc1F. The van der Waals surface area contributed by atoms with Crippen LogP contribution in [0, 0.1) is 5.82 Å². The van der Waals surface area contributed by atoms with Gasteiger partial charge in [0.1, 0.15) is 5.82 Å². The second kappa shape index (κ2) is 4.92. The quantitative estimate of drug-likeness (QED) is 0.834. The summed E-state index contributed by atoms with van der Waals surface area (Å²) in [6.45, 7) is 0.492. The minimum absolute atomic E-state index is 0.200. The van der Waals surface area contributed by atoms with Crippen molar-refractivity contribution in [1.29, 1.82) is 0 Å². The molecule has 17 heavy (non-hydrogen) atoms. The smallest absolute Gasteiger partial charge is 0.181 e. The molecule has 0 saturated heterocycles. The van der Waals surface area contributed by atoms with Crippen LogP contribution < -0.4 is 10.5 Å². The molecule has 90 valence electrons. The van der Waals surface area contributed by atoms with Crippen LogP contribution >= 0.6 is 0 Å². The number of aromatic nitrogens is 3. The third-order valence-electron chi connectivity index (χ3n) is 2.32. The zero-order valence-corrected chi connectivity index (χ0v) is 9.40. The molecule has 0 atom stereocenters. The average Bonchev–Trinajstić information content (AvgIpc) is 2.78. The first-order chi connectivity index (χ1) is 8.24. The lowest BCUT2D eigenvalue weighted by molar-refractivity contribution is 0.386. The molecule has 2 rings (SSSR count). The Morgan fingerprint density at radius 3 is 2.94 bits per heavy atom. The molecule has 0 fully saturated rings. The third kappa shape index (κ3) is 2.42. The minimum Gasteiger partial charge on any atom is -0.494 e. The fourth-order valence-electron chi connectivity index (χ4n) is 1.48. The van der Waals surface area contributed by atoms with Gasteiger partial charge in [0.15, 0.2) is 17.4 Å². The number of nitrogens with two attached hydrogens (primary N) is 1. The van der Waals surface area contributed by atoms with E-state index in [1.807, 2.05) is 0 Å². The number of H-pyrrole nitrogens is 1. The standard InChI is InChI=1S/C11H13FN4O/c1-17-9-3-2-7(6-8(9)12)11-14-10(4-5-13)15-16-11/h2-3,6H,4-5,13H2,1H3,(H,14,15,16). The van der Waals surface area contributed by atoms with Gasteiger partial charge in [0.05, 0.1) is 7.11 Å². The van der Waals surface area contributed by atoms with E-state index in [1.54, 1.807) is 12.1 Å². The van der Waals surface area contributed by atoms with E-state index in [4.69, 9.17) is 10.5 Å². The van der Waals surface area contributed by atoms with Gasteiger partial charge in [0, 0.05) is 12.0 Å². The zero-order chi connectivity index (χ0) is 12.3. The molecule has 0 unspecified atom stereocenters. The normalized spacial score (nSPS) is 10.5. The first-order valence-electron chi connectivity index (χ1n) is 5.20. The number of hydrogen-bond acceptors (Lipinski definition) is 4. The number of aromatic amines is 1. The van der Waals surface area contributed by atoms with Gasteiger partial charge in [-0.1, -0.05) is 0 Å². The summed E-state index contributed by atoms with van der Waals surface area (Å²) in [4.78, 5) is 4.21. The van der Waals surface area contributed by atoms with E-state index in [-0.39, 0.29) is 5.75 Å². The molecule has 6 heteroatoms. The van der Waals surface area contributed by atoms with Gasteiger partial charge in [-0.25, -0.2) is 9.37 Å². The Labute approximate surface area is 97.8 Å². The van der Waals surface area contributed by atoms with Crippen LogP contribution in [-0.2, 0) is 6.42 Å². The Morgan fingerprint density at radius 2 is 2.29 bits per heavy atom. The van der Waals surface area contributed by atoms with Crippen molar-refractivity contribution >= 4 is 0 Å². The van der Waals surface area contributed by atoms with Gasteiger partial charge >= 0.3 is 0 Å². The van der Waals surface area contributed by atoms with Gasteiger partial charge in [0.25, 0.3) is 0 Å². The molecule has 2 aromatic rings. The maximum Gasteiger partial charge on any atom is 0.181 e. The Kier molecular flexibility index (Phi) is 3.34. The number of rotatable bonds is 4. The molecule has 0 amide bonds. The molecular weight excluding hydrogens is 223 g/mol. The maximum atomic E-state index is 13.5. The summed E-state index contributed by atoms with van der Waals surface area (Å²) in [5, 5.41) is 6.76. The van der Waals surface area contributed by atoms with Gasteiger partial charge in [-0.15, -0.1) is 0 Å². The van der Waals surface area contributed by atoms with Crippen molar-refractivity contribution in [3.05, 3.63) is 29.8 Å². The summed E-state index contributed by atoms with van der Waals surface area (Å²) in [6.07, 6.45) is 0.617. The second-order valence-electron chi connectivity index (χ2n) is 3.49. The summed E-state index contributed by atoms with van der Waals surface area (Å²) in [5.74, 6) is 0.912. The summed E-state index contributed by atoms with van der Waals surface area (Å²) in [6, 6.07) is 4.59. The van der Waals surface area contributed by atoms with Crippen molar-refractivity contribution in [1.82, 2.24) is 15.2 Å². The molecule has 0 aliphatic carbocycles. The van der Waals surface area contributed by atoms with Crippen LogP contribution in [0.2, 0.25) is 0 Å². The van der Waals surface area contributed by atoms with Gasteiger partial charge in [-0.3, -0.25) is 5.10 Å². The highest BCUT2D eigenvalue weighted by Gasteiger charge is 2.09. The van der Waals surface area contributed by atoms with Gasteiger partial charge in [0.2, 0.25) is 0 Å². The highest BCUT2D eigenvalue weighted by Crippen LogP contribution is 2.22. The van der Waals surface area contributed by atoms with Crippen LogP contribution in [-0.4, -0.2) is 28.8 Å². The lowest BCUT2D eigenvalue weighted by Crippen LogP contribution is -2.03. The van der Waals surface area contributed by atoms with Crippen molar-refractivity contribution < 1.29 is 9.13 Å². The van der Waals surface area contributed by atoms with Crippen LogP contribution in [0.4, 0.5) is 4.39 Å².